The van der Waals surface area contributed by atoms with E-state index >= 15 is 0 Å². The number of benzene rings is 1. The van der Waals surface area contributed by atoms with Crippen LogP contribution >= 0.6 is 11.3 Å². The molecule has 0 bridgehead atoms. The lowest BCUT2D eigenvalue weighted by Crippen LogP contribution is -2.26. The lowest BCUT2D eigenvalue weighted by Gasteiger charge is -2.07. The average Bonchev–Trinajstić information content (AvgIpc) is 3.09. The molecule has 0 saturated heterocycles. The van der Waals surface area contributed by atoms with Gasteiger partial charge in [0.15, 0.2) is 5.78 Å². The summed E-state index contributed by atoms with van der Waals surface area (Å²) >= 11 is 1.57. The summed E-state index contributed by atoms with van der Waals surface area (Å²) in [6, 6.07) is 13.9. The zero-order valence-electron chi connectivity index (χ0n) is 16.1. The summed E-state index contributed by atoms with van der Waals surface area (Å²) in [5, 5.41) is 4.33. The zero-order chi connectivity index (χ0) is 21.0. The molecule has 3 rings (SSSR count). The molecule has 0 spiro atoms. The number of nitrogens with one attached hydrogen (secondary N) is 1. The summed E-state index contributed by atoms with van der Waals surface area (Å²) in [6.07, 6.45) is 1.63. The molecule has 152 valence electrons. The molecule has 0 saturated carbocycles. The molecule has 0 aliphatic rings. The van der Waals surface area contributed by atoms with Crippen LogP contribution in [-0.2, 0) is 23.0 Å². The van der Waals surface area contributed by atoms with Gasteiger partial charge in [-0.3, -0.25) is 9.59 Å². The predicted molar refractivity (Wildman–Crippen MR) is 114 cm³/mol. The number of thiophene rings is 1. The minimum atomic E-state index is -3.22. The Morgan fingerprint density at radius 1 is 1.10 bits per heavy atom. The highest BCUT2D eigenvalue weighted by molar-refractivity contribution is 7.88. The Hall–Kier alpha value is -2.62. The predicted octanol–water partition coefficient (Wildman–Crippen LogP) is 2.25. The third kappa shape index (κ3) is 5.93. The first kappa shape index (κ1) is 21.1. The second kappa shape index (κ2) is 8.81. The van der Waals surface area contributed by atoms with Gasteiger partial charge in [-0.1, -0.05) is 24.3 Å². The van der Waals surface area contributed by atoms with Crippen LogP contribution in [0.2, 0.25) is 0 Å². The molecule has 0 amide bonds. The quantitative estimate of drug-likeness (QED) is 0.552. The van der Waals surface area contributed by atoms with Crippen LogP contribution in [0.1, 0.15) is 20.8 Å². The standard InChI is InChI=1S/C20H21N3O4S2/c1-14-3-9-19(28-14)17-8-10-20(25)23(22-17)13-18(24)16-6-4-15(5-7-16)11-12-21-29(2,26)27/h3-10,21H,11-13H2,1-2H3. The van der Waals surface area contributed by atoms with E-state index in [1.807, 2.05) is 19.1 Å². The van der Waals surface area contributed by atoms with Gasteiger partial charge < -0.3 is 0 Å². The topological polar surface area (TPSA) is 98.1 Å². The maximum absolute atomic E-state index is 12.6. The molecule has 3 aromatic rings. The van der Waals surface area contributed by atoms with Crippen molar-refractivity contribution in [2.75, 3.05) is 12.8 Å². The van der Waals surface area contributed by atoms with Crippen LogP contribution in [-0.4, -0.2) is 36.8 Å². The lowest BCUT2D eigenvalue weighted by atomic mass is 10.1. The Kier molecular flexibility index (Phi) is 6.41. The maximum Gasteiger partial charge on any atom is 0.267 e. The highest BCUT2D eigenvalue weighted by Crippen LogP contribution is 2.25. The molecule has 7 nitrogen and oxygen atoms in total. The maximum atomic E-state index is 12.6. The van der Waals surface area contributed by atoms with Crippen molar-refractivity contribution < 1.29 is 13.2 Å². The fraction of sp³-hybridized carbons (Fsp3) is 0.250. The normalized spacial score (nSPS) is 11.5. The monoisotopic (exact) mass is 431 g/mol. The van der Waals surface area contributed by atoms with E-state index in [0.717, 1.165) is 21.6 Å². The number of Topliss-reactive ketones (excluding diaryl/α,β-unsaturated/α-hetero) is 1. The SMILES string of the molecule is Cc1ccc(-c2ccc(=O)n(CC(=O)c3ccc(CCNS(C)(=O)=O)cc3)n2)s1. The van der Waals surface area contributed by atoms with Crippen molar-refractivity contribution >= 4 is 27.1 Å². The third-order valence-electron chi connectivity index (χ3n) is 4.21. The summed E-state index contributed by atoms with van der Waals surface area (Å²) in [7, 11) is -3.22. The first-order valence-corrected chi connectivity index (χ1v) is 11.6. The zero-order valence-corrected chi connectivity index (χ0v) is 17.7. The number of hydrogen-bond donors (Lipinski definition) is 1. The van der Waals surface area contributed by atoms with E-state index < -0.39 is 10.0 Å². The van der Waals surface area contributed by atoms with E-state index in [0.29, 0.717) is 24.2 Å². The summed E-state index contributed by atoms with van der Waals surface area (Å²) < 4.78 is 25.8. The highest BCUT2D eigenvalue weighted by atomic mass is 32.2. The van der Waals surface area contributed by atoms with Crippen LogP contribution in [0.15, 0.2) is 53.3 Å². The van der Waals surface area contributed by atoms with Gasteiger partial charge in [0.05, 0.1) is 11.1 Å². The van der Waals surface area contributed by atoms with Crippen molar-refractivity contribution in [1.29, 1.82) is 0 Å². The minimum absolute atomic E-state index is 0.147. The molecule has 0 atom stereocenters. The minimum Gasteiger partial charge on any atom is -0.292 e. The van der Waals surface area contributed by atoms with Gasteiger partial charge in [0.1, 0.15) is 12.2 Å². The largest absolute Gasteiger partial charge is 0.292 e. The fourth-order valence-corrected chi connectivity index (χ4v) is 4.04. The number of sulfonamides is 1. The Morgan fingerprint density at radius 3 is 2.45 bits per heavy atom. The number of aryl methyl sites for hydroxylation is 1. The number of carbonyl (C=O) groups is 1. The second-order valence-electron chi connectivity index (χ2n) is 6.66. The Bertz CT molecular complexity index is 1180. The number of nitrogens with zero attached hydrogens (tertiary/aromatic N) is 2. The Labute approximate surface area is 173 Å². The number of ketones is 1. The molecular formula is C20H21N3O4S2. The first-order chi connectivity index (χ1) is 13.7. The van der Waals surface area contributed by atoms with Crippen molar-refractivity contribution in [3.63, 3.8) is 0 Å². The van der Waals surface area contributed by atoms with E-state index in [2.05, 4.69) is 9.82 Å². The molecule has 29 heavy (non-hydrogen) atoms. The number of carbonyl (C=O) groups excluding carboxylic acids is 1. The van der Waals surface area contributed by atoms with Gasteiger partial charge >= 0.3 is 0 Å². The van der Waals surface area contributed by atoms with Gasteiger partial charge in [0.25, 0.3) is 5.56 Å². The molecule has 0 unspecified atom stereocenters. The van der Waals surface area contributed by atoms with Crippen molar-refractivity contribution in [1.82, 2.24) is 14.5 Å². The van der Waals surface area contributed by atoms with Crippen LogP contribution in [0.25, 0.3) is 10.6 Å². The van der Waals surface area contributed by atoms with Crippen molar-refractivity contribution in [3.05, 3.63) is 74.9 Å². The smallest absolute Gasteiger partial charge is 0.267 e. The number of aromatic nitrogens is 2. The average molecular weight is 432 g/mol. The molecule has 0 radical (unpaired) electrons. The van der Waals surface area contributed by atoms with Crippen LogP contribution in [0.3, 0.4) is 0 Å². The molecule has 9 heteroatoms. The van der Waals surface area contributed by atoms with Gasteiger partial charge in [-0.2, -0.15) is 5.10 Å². The van der Waals surface area contributed by atoms with Gasteiger partial charge in [0.2, 0.25) is 10.0 Å². The van der Waals surface area contributed by atoms with E-state index in [1.54, 1.807) is 41.7 Å². The van der Waals surface area contributed by atoms with Crippen molar-refractivity contribution in [2.45, 2.75) is 19.9 Å². The molecule has 1 N–H and O–H groups in total. The molecule has 0 fully saturated rings. The lowest BCUT2D eigenvalue weighted by molar-refractivity contribution is 0.0966. The van der Waals surface area contributed by atoms with Crippen LogP contribution in [0, 0.1) is 6.92 Å². The van der Waals surface area contributed by atoms with E-state index in [1.165, 1.54) is 10.7 Å². The van der Waals surface area contributed by atoms with Gasteiger partial charge in [0, 0.05) is 23.1 Å². The highest BCUT2D eigenvalue weighted by Gasteiger charge is 2.11. The summed E-state index contributed by atoms with van der Waals surface area (Å²) in [4.78, 5) is 26.8. The second-order valence-corrected chi connectivity index (χ2v) is 9.78. The summed E-state index contributed by atoms with van der Waals surface area (Å²) in [5.41, 5.74) is 1.70. The van der Waals surface area contributed by atoms with Gasteiger partial charge in [-0.15, -0.1) is 11.3 Å². The molecule has 2 aromatic heterocycles. The van der Waals surface area contributed by atoms with Crippen LogP contribution in [0.5, 0.6) is 0 Å². The van der Waals surface area contributed by atoms with E-state index in [9.17, 15) is 18.0 Å². The summed E-state index contributed by atoms with van der Waals surface area (Å²) in [6.45, 7) is 2.14. The Morgan fingerprint density at radius 2 is 1.83 bits per heavy atom. The van der Waals surface area contributed by atoms with Crippen molar-refractivity contribution in [3.8, 4) is 10.6 Å². The van der Waals surface area contributed by atoms with E-state index in [4.69, 9.17) is 0 Å². The molecule has 1 aromatic carbocycles. The third-order valence-corrected chi connectivity index (χ3v) is 5.96. The summed E-state index contributed by atoms with van der Waals surface area (Å²) in [5.74, 6) is -0.222. The van der Waals surface area contributed by atoms with Crippen LogP contribution < -0.4 is 10.3 Å². The molecule has 0 aliphatic carbocycles. The first-order valence-electron chi connectivity index (χ1n) is 8.93. The van der Waals surface area contributed by atoms with Gasteiger partial charge in [-0.05, 0) is 37.1 Å². The van der Waals surface area contributed by atoms with Gasteiger partial charge in [-0.25, -0.2) is 17.8 Å². The Balaban J connectivity index is 1.69. The van der Waals surface area contributed by atoms with E-state index in [-0.39, 0.29) is 17.9 Å². The van der Waals surface area contributed by atoms with Crippen molar-refractivity contribution in [2.24, 2.45) is 0 Å². The molecule has 2 heterocycles. The number of rotatable bonds is 8. The molecule has 0 aliphatic heterocycles. The van der Waals surface area contributed by atoms with Crippen LogP contribution in [0.4, 0.5) is 0 Å². The fourth-order valence-electron chi connectivity index (χ4n) is 2.73. The number of hydrogen-bond acceptors (Lipinski definition) is 6. The molecular weight excluding hydrogens is 410 g/mol.